The minimum absolute atomic E-state index is 0.243. The molecular formula is C7H13F3O2. The Balaban J connectivity index is 0. The van der Waals surface area contributed by atoms with Crippen molar-refractivity contribution < 1.29 is 22.7 Å². The van der Waals surface area contributed by atoms with Gasteiger partial charge in [-0.05, 0) is 5.92 Å². The zero-order chi connectivity index (χ0) is 10.2. The van der Waals surface area contributed by atoms with Crippen molar-refractivity contribution in [3.63, 3.8) is 0 Å². The van der Waals surface area contributed by atoms with E-state index in [9.17, 15) is 13.2 Å². The molecule has 0 radical (unpaired) electrons. The summed E-state index contributed by atoms with van der Waals surface area (Å²) in [4.78, 5) is 9.13. The molecule has 0 heterocycles. The van der Waals surface area contributed by atoms with Crippen LogP contribution in [0, 0.1) is 5.92 Å². The third kappa shape index (κ3) is 34.8. The molecule has 0 amide bonds. The summed E-state index contributed by atoms with van der Waals surface area (Å²) < 4.78 is 36.3. The van der Waals surface area contributed by atoms with Crippen LogP contribution < -0.4 is 0 Å². The highest BCUT2D eigenvalue weighted by molar-refractivity contribution is 5.36. The van der Waals surface area contributed by atoms with Crippen LogP contribution in [0.5, 0.6) is 0 Å². The lowest BCUT2D eigenvalue weighted by atomic mass is 10.3. The third-order valence-electron chi connectivity index (χ3n) is 0.315. The summed E-state index contributed by atoms with van der Waals surface area (Å²) in [5.74, 6) is 0.833. The molecule has 0 aliphatic heterocycles. The van der Waals surface area contributed by atoms with Crippen molar-refractivity contribution in [2.24, 2.45) is 5.92 Å². The molecule has 2 nitrogen and oxygen atoms in total. The van der Waals surface area contributed by atoms with E-state index in [1.165, 1.54) is 0 Å². The van der Waals surface area contributed by atoms with Gasteiger partial charge in [-0.2, -0.15) is 13.2 Å². The number of hydrogen-bond donors (Lipinski definition) is 0. The quantitative estimate of drug-likeness (QED) is 0.619. The fourth-order valence-electron chi connectivity index (χ4n) is 0.129. The van der Waals surface area contributed by atoms with Gasteiger partial charge in [0.05, 0.1) is 0 Å². The molecule has 0 bridgehead atoms. The van der Waals surface area contributed by atoms with E-state index in [4.69, 9.17) is 4.79 Å². The molecule has 5 heteroatoms. The molecule has 0 atom stereocenters. The lowest BCUT2D eigenvalue weighted by Gasteiger charge is -2.01. The number of ether oxygens (including phenoxy) is 1. The number of carbonyl (C=O) groups excluding carboxylic acids is 1. The summed E-state index contributed by atoms with van der Waals surface area (Å²) in [6, 6.07) is 0. The Morgan fingerprint density at radius 3 is 1.75 bits per heavy atom. The molecule has 0 rings (SSSR count). The van der Waals surface area contributed by atoms with Crippen LogP contribution in [0.15, 0.2) is 0 Å². The summed E-state index contributed by atoms with van der Waals surface area (Å²) >= 11 is 0. The number of alkyl halides is 3. The smallest absolute Gasteiger partial charge is 0.422 e. The Kier molecular flexibility index (Phi) is 7.99. The fraction of sp³-hybridized carbons (Fsp3) is 0.857. The summed E-state index contributed by atoms with van der Waals surface area (Å²) in [7, 11) is 0. The number of hydrogen-bond acceptors (Lipinski definition) is 2. The van der Waals surface area contributed by atoms with Gasteiger partial charge in [0.25, 0.3) is 6.47 Å². The van der Waals surface area contributed by atoms with E-state index >= 15 is 0 Å². The molecule has 0 aromatic carbocycles. The van der Waals surface area contributed by atoms with Gasteiger partial charge in [0.1, 0.15) is 0 Å². The van der Waals surface area contributed by atoms with Crippen molar-refractivity contribution in [3.05, 3.63) is 0 Å². The van der Waals surface area contributed by atoms with E-state index in [1.807, 2.05) is 0 Å². The number of rotatable bonds is 2. The highest BCUT2D eigenvalue weighted by atomic mass is 19.4. The summed E-state index contributed by atoms with van der Waals surface area (Å²) in [6.07, 6.45) is -4.40. The monoisotopic (exact) mass is 186 g/mol. The predicted molar refractivity (Wildman–Crippen MR) is 38.6 cm³/mol. The summed E-state index contributed by atoms with van der Waals surface area (Å²) in [5, 5.41) is 0. The molecule has 0 aromatic heterocycles. The highest BCUT2D eigenvalue weighted by Crippen LogP contribution is 2.13. The van der Waals surface area contributed by atoms with E-state index < -0.39 is 12.8 Å². The van der Waals surface area contributed by atoms with Crippen LogP contribution in [0.1, 0.15) is 20.8 Å². The van der Waals surface area contributed by atoms with E-state index in [0.717, 1.165) is 5.92 Å². The Hall–Kier alpha value is -0.740. The Morgan fingerprint density at radius 2 is 1.67 bits per heavy atom. The van der Waals surface area contributed by atoms with Crippen molar-refractivity contribution in [2.45, 2.75) is 26.9 Å². The molecule has 0 aromatic rings. The largest absolute Gasteiger partial charge is 0.458 e. The maximum absolute atomic E-state index is 11.0. The van der Waals surface area contributed by atoms with Gasteiger partial charge < -0.3 is 4.74 Å². The van der Waals surface area contributed by atoms with Crippen LogP contribution in [0.4, 0.5) is 13.2 Å². The summed E-state index contributed by atoms with van der Waals surface area (Å²) in [6.45, 7) is 4.75. The standard InChI is InChI=1S/C4H10.C3H3F3O2/c1-4(2)3;4-3(5,6)1-8-2-7/h4H,1-3H3;2H,1H2. The zero-order valence-corrected chi connectivity index (χ0v) is 7.31. The molecule has 0 aliphatic rings. The van der Waals surface area contributed by atoms with Gasteiger partial charge in [0.15, 0.2) is 6.61 Å². The average Bonchev–Trinajstić information content (AvgIpc) is 1.80. The van der Waals surface area contributed by atoms with Gasteiger partial charge in [-0.15, -0.1) is 0 Å². The first-order valence-electron chi connectivity index (χ1n) is 3.41. The van der Waals surface area contributed by atoms with Gasteiger partial charge in [-0.1, -0.05) is 20.8 Å². The summed E-state index contributed by atoms with van der Waals surface area (Å²) in [5.41, 5.74) is 0. The average molecular weight is 186 g/mol. The third-order valence-corrected chi connectivity index (χ3v) is 0.315. The molecule has 0 saturated heterocycles. The van der Waals surface area contributed by atoms with Crippen molar-refractivity contribution in [3.8, 4) is 0 Å². The minimum atomic E-state index is -4.40. The second-order valence-corrected chi connectivity index (χ2v) is 2.75. The topological polar surface area (TPSA) is 26.3 Å². The molecule has 0 fully saturated rings. The van der Waals surface area contributed by atoms with Crippen LogP contribution in [0.2, 0.25) is 0 Å². The van der Waals surface area contributed by atoms with Gasteiger partial charge in [0.2, 0.25) is 0 Å². The van der Waals surface area contributed by atoms with Crippen molar-refractivity contribution >= 4 is 6.47 Å². The maximum Gasteiger partial charge on any atom is 0.422 e. The molecule has 0 aliphatic carbocycles. The van der Waals surface area contributed by atoms with Crippen LogP contribution in [-0.2, 0) is 9.53 Å². The predicted octanol–water partition coefficient (Wildman–Crippen LogP) is 2.38. The molecule has 0 spiro atoms. The molecular weight excluding hydrogens is 173 g/mol. The van der Waals surface area contributed by atoms with Crippen molar-refractivity contribution in [1.29, 1.82) is 0 Å². The second kappa shape index (κ2) is 6.94. The van der Waals surface area contributed by atoms with Crippen LogP contribution >= 0.6 is 0 Å². The van der Waals surface area contributed by atoms with Gasteiger partial charge >= 0.3 is 6.18 Å². The minimum Gasteiger partial charge on any atom is -0.458 e. The van der Waals surface area contributed by atoms with E-state index in [-0.39, 0.29) is 6.47 Å². The molecule has 0 N–H and O–H groups in total. The first-order valence-corrected chi connectivity index (χ1v) is 3.41. The Morgan fingerprint density at radius 1 is 1.33 bits per heavy atom. The second-order valence-electron chi connectivity index (χ2n) is 2.75. The Bertz CT molecular complexity index is 107. The molecule has 0 unspecified atom stereocenters. The van der Waals surface area contributed by atoms with Gasteiger partial charge in [-0.3, -0.25) is 4.79 Å². The van der Waals surface area contributed by atoms with E-state index in [0.29, 0.717) is 0 Å². The van der Waals surface area contributed by atoms with Crippen LogP contribution in [0.3, 0.4) is 0 Å². The zero-order valence-electron chi connectivity index (χ0n) is 7.31. The number of carbonyl (C=O) groups is 1. The maximum atomic E-state index is 11.0. The Labute approximate surface area is 69.7 Å². The van der Waals surface area contributed by atoms with Crippen molar-refractivity contribution in [2.75, 3.05) is 6.61 Å². The fourth-order valence-corrected chi connectivity index (χ4v) is 0.129. The van der Waals surface area contributed by atoms with E-state index in [1.54, 1.807) is 0 Å². The molecule has 12 heavy (non-hydrogen) atoms. The van der Waals surface area contributed by atoms with Crippen molar-refractivity contribution in [1.82, 2.24) is 0 Å². The van der Waals surface area contributed by atoms with Gasteiger partial charge in [-0.25, -0.2) is 0 Å². The van der Waals surface area contributed by atoms with Crippen LogP contribution in [-0.4, -0.2) is 19.3 Å². The lowest BCUT2D eigenvalue weighted by molar-refractivity contribution is -0.177. The number of halogens is 3. The SMILES string of the molecule is CC(C)C.O=COCC(F)(F)F. The van der Waals surface area contributed by atoms with E-state index in [2.05, 4.69) is 25.5 Å². The first kappa shape index (κ1) is 13.8. The van der Waals surface area contributed by atoms with Crippen LogP contribution in [0.25, 0.3) is 0 Å². The molecule has 0 saturated carbocycles. The highest BCUT2D eigenvalue weighted by Gasteiger charge is 2.27. The lowest BCUT2D eigenvalue weighted by Crippen LogP contribution is -2.15. The van der Waals surface area contributed by atoms with Gasteiger partial charge in [0, 0.05) is 0 Å². The first-order chi connectivity index (χ1) is 5.29. The molecule has 74 valence electrons. The normalized spacial score (nSPS) is 10.2.